The summed E-state index contributed by atoms with van der Waals surface area (Å²) in [6.45, 7) is 6.16. The van der Waals surface area contributed by atoms with Crippen molar-refractivity contribution in [1.29, 1.82) is 0 Å². The van der Waals surface area contributed by atoms with Crippen LogP contribution in [0.3, 0.4) is 0 Å². The van der Waals surface area contributed by atoms with Crippen LogP contribution in [-0.2, 0) is 19.3 Å². The zero-order chi connectivity index (χ0) is 18.5. The minimum absolute atomic E-state index is 0.273. The van der Waals surface area contributed by atoms with E-state index in [0.29, 0.717) is 12.2 Å². The summed E-state index contributed by atoms with van der Waals surface area (Å²) in [6, 6.07) is 11.1. The Hall–Kier alpha value is -2.68. The first kappa shape index (κ1) is 18.1. The largest absolute Gasteiger partial charge is 0.508 e. The smallest absolute Gasteiger partial charge is 0.134 e. The number of phenolic OH excluding ortho intramolecular Hbond substituents is 2. The molecular weight excluding hydrogens is 324 g/mol. The fourth-order valence-electron chi connectivity index (χ4n) is 3.23. The summed E-state index contributed by atoms with van der Waals surface area (Å²) in [5.74, 6) is 2.01. The number of hydrogen-bond acceptors (Lipinski definition) is 3. The summed E-state index contributed by atoms with van der Waals surface area (Å²) in [7, 11) is 0. The summed E-state index contributed by atoms with van der Waals surface area (Å²) in [4.78, 5) is 0. The fourth-order valence-corrected chi connectivity index (χ4v) is 3.23. The fraction of sp³-hybridized carbons (Fsp3) is 0.304. The number of fused-ring (bicyclic) bond motifs is 1. The maximum absolute atomic E-state index is 10.6. The summed E-state index contributed by atoms with van der Waals surface area (Å²) in [5, 5.41) is 19.9. The Morgan fingerprint density at radius 1 is 1.00 bits per heavy atom. The highest BCUT2D eigenvalue weighted by Crippen LogP contribution is 2.34. The van der Waals surface area contributed by atoms with Gasteiger partial charge in [0.15, 0.2) is 0 Å². The van der Waals surface area contributed by atoms with E-state index in [-0.39, 0.29) is 11.5 Å². The highest BCUT2D eigenvalue weighted by molar-refractivity contribution is 5.49. The molecule has 1 aliphatic rings. The molecule has 0 amide bonds. The molecule has 26 heavy (non-hydrogen) atoms. The van der Waals surface area contributed by atoms with Crippen molar-refractivity contribution in [1.82, 2.24) is 0 Å². The van der Waals surface area contributed by atoms with E-state index in [4.69, 9.17) is 4.74 Å². The molecule has 0 spiro atoms. The van der Waals surface area contributed by atoms with Gasteiger partial charge < -0.3 is 14.9 Å². The van der Waals surface area contributed by atoms with Crippen molar-refractivity contribution in [3.05, 3.63) is 77.1 Å². The van der Waals surface area contributed by atoms with E-state index >= 15 is 0 Å². The molecule has 1 heterocycles. The molecule has 0 saturated carbocycles. The predicted molar refractivity (Wildman–Crippen MR) is 105 cm³/mol. The van der Waals surface area contributed by atoms with Gasteiger partial charge in [-0.2, -0.15) is 0 Å². The van der Waals surface area contributed by atoms with E-state index < -0.39 is 0 Å². The van der Waals surface area contributed by atoms with E-state index in [1.807, 2.05) is 24.3 Å². The second-order valence-corrected chi connectivity index (χ2v) is 7.01. The van der Waals surface area contributed by atoms with Gasteiger partial charge in [-0.15, -0.1) is 0 Å². The third kappa shape index (κ3) is 4.69. The van der Waals surface area contributed by atoms with Crippen molar-refractivity contribution in [2.24, 2.45) is 0 Å². The van der Waals surface area contributed by atoms with Crippen molar-refractivity contribution in [3.8, 4) is 17.2 Å². The van der Waals surface area contributed by atoms with E-state index in [0.717, 1.165) is 54.6 Å². The maximum Gasteiger partial charge on any atom is 0.134 e. The molecule has 1 aliphatic heterocycles. The number of aryl methyl sites for hydroxylation is 2. The van der Waals surface area contributed by atoms with E-state index in [9.17, 15) is 10.2 Å². The molecule has 3 nitrogen and oxygen atoms in total. The van der Waals surface area contributed by atoms with E-state index in [1.54, 1.807) is 12.1 Å². The Balaban J connectivity index is 1.83. The van der Waals surface area contributed by atoms with Gasteiger partial charge in [-0.05, 0) is 74.4 Å². The number of phenols is 2. The second-order valence-electron chi connectivity index (χ2n) is 7.01. The Morgan fingerprint density at radius 2 is 1.73 bits per heavy atom. The lowest BCUT2D eigenvalue weighted by molar-refractivity contribution is 0.389. The van der Waals surface area contributed by atoms with Gasteiger partial charge in [0, 0.05) is 12.0 Å². The van der Waals surface area contributed by atoms with Crippen molar-refractivity contribution in [2.45, 2.75) is 45.4 Å². The standard InChI is InChI=1S/C23H26O3/c1-16-4-3-5-17(2)26-23-15-19(14-22(25)21(23)13-6-16)8-7-18-9-11-20(24)12-10-18/h6,9-12,14-15,24-25H,2-5,7-8,13H2,1H3/b16-6-. The van der Waals surface area contributed by atoms with Crippen molar-refractivity contribution < 1.29 is 14.9 Å². The van der Waals surface area contributed by atoms with Crippen LogP contribution in [0.2, 0.25) is 0 Å². The van der Waals surface area contributed by atoms with Crippen molar-refractivity contribution in [3.63, 3.8) is 0 Å². The van der Waals surface area contributed by atoms with Gasteiger partial charge in [0.2, 0.25) is 0 Å². The molecule has 0 atom stereocenters. The average Bonchev–Trinajstić information content (AvgIpc) is 2.60. The third-order valence-electron chi connectivity index (χ3n) is 4.82. The van der Waals surface area contributed by atoms with Crippen LogP contribution in [0.5, 0.6) is 17.2 Å². The summed E-state index contributed by atoms with van der Waals surface area (Å²) >= 11 is 0. The number of aromatic hydroxyl groups is 2. The highest BCUT2D eigenvalue weighted by Gasteiger charge is 2.14. The second kappa shape index (κ2) is 8.13. The monoisotopic (exact) mass is 350 g/mol. The minimum atomic E-state index is 0.273. The van der Waals surface area contributed by atoms with Crippen LogP contribution in [0.25, 0.3) is 0 Å². The third-order valence-corrected chi connectivity index (χ3v) is 4.82. The van der Waals surface area contributed by atoms with Crippen LogP contribution in [-0.4, -0.2) is 10.2 Å². The first-order chi connectivity index (χ1) is 12.5. The van der Waals surface area contributed by atoms with Gasteiger partial charge in [0.1, 0.15) is 17.2 Å². The van der Waals surface area contributed by atoms with Crippen LogP contribution in [0.1, 0.15) is 42.9 Å². The first-order valence-corrected chi connectivity index (χ1v) is 9.15. The Labute approximate surface area is 155 Å². The topological polar surface area (TPSA) is 49.7 Å². The van der Waals surface area contributed by atoms with Crippen molar-refractivity contribution in [2.75, 3.05) is 0 Å². The SMILES string of the molecule is C=C1CCC/C(C)=C\Cc2c(O)cc(CCc3ccc(O)cc3)cc2O1. The van der Waals surface area contributed by atoms with Gasteiger partial charge in [-0.25, -0.2) is 0 Å². The van der Waals surface area contributed by atoms with E-state index in [2.05, 4.69) is 19.6 Å². The zero-order valence-corrected chi connectivity index (χ0v) is 15.3. The lowest BCUT2D eigenvalue weighted by Crippen LogP contribution is -2.02. The van der Waals surface area contributed by atoms with Gasteiger partial charge in [-0.1, -0.05) is 30.4 Å². The Bertz CT molecular complexity index is 816. The van der Waals surface area contributed by atoms with Crippen LogP contribution in [0.4, 0.5) is 0 Å². The Kier molecular flexibility index (Phi) is 5.67. The minimum Gasteiger partial charge on any atom is -0.508 e. The lowest BCUT2D eigenvalue weighted by atomic mass is 9.98. The predicted octanol–water partition coefficient (Wildman–Crippen LogP) is 5.45. The first-order valence-electron chi connectivity index (χ1n) is 9.15. The molecular formula is C23H26O3. The Morgan fingerprint density at radius 3 is 2.50 bits per heavy atom. The molecule has 0 radical (unpaired) electrons. The summed E-state index contributed by atoms with van der Waals surface area (Å²) in [6.07, 6.45) is 7.34. The summed E-state index contributed by atoms with van der Waals surface area (Å²) in [5.41, 5.74) is 4.33. The average molecular weight is 350 g/mol. The van der Waals surface area contributed by atoms with Gasteiger partial charge in [0.05, 0.1) is 5.76 Å². The molecule has 136 valence electrons. The molecule has 2 aromatic rings. The zero-order valence-electron chi connectivity index (χ0n) is 15.3. The molecule has 2 N–H and O–H groups in total. The van der Waals surface area contributed by atoms with Crippen LogP contribution >= 0.6 is 0 Å². The van der Waals surface area contributed by atoms with Gasteiger partial charge in [0.25, 0.3) is 0 Å². The number of allylic oxidation sites excluding steroid dienone is 3. The lowest BCUT2D eigenvalue weighted by Gasteiger charge is -2.17. The molecule has 0 aromatic heterocycles. The molecule has 3 heteroatoms. The van der Waals surface area contributed by atoms with E-state index in [1.165, 1.54) is 5.57 Å². The highest BCUT2D eigenvalue weighted by atomic mass is 16.5. The normalized spacial score (nSPS) is 17.0. The quantitative estimate of drug-likeness (QED) is 0.724. The number of benzene rings is 2. The molecule has 2 aromatic carbocycles. The summed E-state index contributed by atoms with van der Waals surface area (Å²) < 4.78 is 5.98. The molecule has 3 rings (SSSR count). The van der Waals surface area contributed by atoms with Crippen molar-refractivity contribution >= 4 is 0 Å². The van der Waals surface area contributed by atoms with Gasteiger partial charge in [-0.3, -0.25) is 0 Å². The van der Waals surface area contributed by atoms with Gasteiger partial charge >= 0.3 is 0 Å². The molecule has 0 aliphatic carbocycles. The molecule has 0 unspecified atom stereocenters. The number of ether oxygens (including phenoxy) is 1. The van der Waals surface area contributed by atoms with Crippen LogP contribution < -0.4 is 4.74 Å². The molecule has 0 bridgehead atoms. The maximum atomic E-state index is 10.6. The number of rotatable bonds is 3. The molecule has 0 saturated heterocycles. The number of hydrogen-bond donors (Lipinski definition) is 2. The molecule has 0 fully saturated rings. The van der Waals surface area contributed by atoms with Crippen LogP contribution in [0, 0.1) is 0 Å². The van der Waals surface area contributed by atoms with Crippen LogP contribution in [0.15, 0.2) is 60.4 Å².